The van der Waals surface area contributed by atoms with Gasteiger partial charge in [-0.1, -0.05) is 0 Å². The van der Waals surface area contributed by atoms with Crippen LogP contribution in [0.4, 0.5) is 4.39 Å². The second-order valence-corrected chi connectivity index (χ2v) is 10.1. The molecule has 0 aliphatic carbocycles. The molecule has 3 N–H and O–H groups in total. The monoisotopic (exact) mass is 498 g/mol. The number of pyridine rings is 2. The van der Waals surface area contributed by atoms with E-state index < -0.39 is 23.7 Å². The molecule has 35 heavy (non-hydrogen) atoms. The van der Waals surface area contributed by atoms with Crippen molar-refractivity contribution < 1.29 is 19.0 Å². The van der Waals surface area contributed by atoms with Gasteiger partial charge in [0.05, 0.1) is 24.7 Å². The van der Waals surface area contributed by atoms with Crippen molar-refractivity contribution in [1.29, 1.82) is 0 Å². The van der Waals surface area contributed by atoms with E-state index in [4.69, 9.17) is 10.5 Å². The Bertz CT molecular complexity index is 1150. The van der Waals surface area contributed by atoms with Crippen LogP contribution in [0.1, 0.15) is 30.9 Å². The van der Waals surface area contributed by atoms with Gasteiger partial charge in [0, 0.05) is 53.1 Å². The molecule has 3 heterocycles. The molecule has 9 heteroatoms. The summed E-state index contributed by atoms with van der Waals surface area (Å²) in [5.74, 6) is -0.193. The number of carboxylic acid groups (broad SMARTS) is 1. The quantitative estimate of drug-likeness (QED) is 0.397. The fraction of sp³-hybridized carbons (Fsp3) is 0.423. The zero-order chi connectivity index (χ0) is 24.8. The fourth-order valence-electron chi connectivity index (χ4n) is 4.83. The van der Waals surface area contributed by atoms with Crippen molar-refractivity contribution in [3.8, 4) is 5.75 Å². The summed E-state index contributed by atoms with van der Waals surface area (Å²) < 4.78 is 20.1. The van der Waals surface area contributed by atoms with Gasteiger partial charge in [-0.25, -0.2) is 4.39 Å². The van der Waals surface area contributed by atoms with Crippen LogP contribution >= 0.6 is 11.8 Å². The average Bonchev–Trinajstić information content (AvgIpc) is 2.87. The second kappa shape index (κ2) is 11.8. The van der Waals surface area contributed by atoms with Gasteiger partial charge in [0.1, 0.15) is 11.6 Å². The van der Waals surface area contributed by atoms with Crippen LogP contribution in [0.15, 0.2) is 53.8 Å². The van der Waals surface area contributed by atoms with Crippen molar-refractivity contribution in [2.24, 2.45) is 17.6 Å². The van der Waals surface area contributed by atoms with Gasteiger partial charge in [-0.2, -0.15) is 0 Å². The highest BCUT2D eigenvalue weighted by Gasteiger charge is 2.34. The van der Waals surface area contributed by atoms with Crippen LogP contribution in [-0.4, -0.2) is 58.4 Å². The number of rotatable bonds is 10. The van der Waals surface area contributed by atoms with Gasteiger partial charge >= 0.3 is 5.97 Å². The van der Waals surface area contributed by atoms with Crippen molar-refractivity contribution in [2.45, 2.75) is 30.2 Å². The maximum absolute atomic E-state index is 14.8. The summed E-state index contributed by atoms with van der Waals surface area (Å²) in [5.41, 5.74) is 7.53. The van der Waals surface area contributed by atoms with E-state index in [9.17, 15) is 14.3 Å². The number of likely N-dealkylation sites (tertiary alicyclic amines) is 1. The molecule has 4 rings (SSSR count). The number of benzene rings is 1. The van der Waals surface area contributed by atoms with Gasteiger partial charge in [0.2, 0.25) is 0 Å². The second-order valence-electron chi connectivity index (χ2n) is 8.92. The molecule has 0 spiro atoms. The third-order valence-corrected chi connectivity index (χ3v) is 7.72. The van der Waals surface area contributed by atoms with E-state index in [1.807, 2.05) is 18.3 Å². The molecule has 3 aromatic rings. The van der Waals surface area contributed by atoms with Crippen molar-refractivity contribution in [2.75, 3.05) is 32.5 Å². The average molecular weight is 499 g/mol. The highest BCUT2D eigenvalue weighted by atomic mass is 32.2. The van der Waals surface area contributed by atoms with E-state index >= 15 is 0 Å². The molecule has 1 fully saturated rings. The van der Waals surface area contributed by atoms with Gasteiger partial charge in [0.25, 0.3) is 0 Å². The Labute approximate surface area is 208 Å². The maximum Gasteiger partial charge on any atom is 0.308 e. The topological polar surface area (TPSA) is 102 Å². The lowest BCUT2D eigenvalue weighted by Gasteiger charge is -2.37. The lowest BCUT2D eigenvalue weighted by molar-refractivity contribution is -0.146. The molecule has 7 nitrogen and oxygen atoms in total. The summed E-state index contributed by atoms with van der Waals surface area (Å²) in [4.78, 5) is 23.7. The number of carbonyl (C=O) groups is 1. The molecule has 1 saturated heterocycles. The van der Waals surface area contributed by atoms with Crippen LogP contribution in [0, 0.1) is 17.7 Å². The Hall–Kier alpha value is -2.75. The number of ether oxygens (including phenoxy) is 1. The number of aromatic nitrogens is 2. The zero-order valence-electron chi connectivity index (χ0n) is 19.8. The molecular formula is C26H31FN4O3S. The van der Waals surface area contributed by atoms with Gasteiger partial charge < -0.3 is 20.5 Å². The van der Waals surface area contributed by atoms with E-state index in [-0.39, 0.29) is 5.92 Å². The summed E-state index contributed by atoms with van der Waals surface area (Å²) in [6, 6.07) is 8.70. The standard InChI is InChI=1S/C26H31FN4O3S/c1-34-18-5-7-24-20(13-18)25(22(27)15-30-24)23(28)6-4-17-8-10-31(16-21(17)26(32)33)11-12-35-19-3-2-9-29-14-19/h2-3,5,7,9,13-15,17,21,23H,4,6,8,10-12,16,28H2,1H3,(H,32,33). The highest BCUT2D eigenvalue weighted by Crippen LogP contribution is 2.34. The third kappa shape index (κ3) is 6.28. The molecule has 0 saturated carbocycles. The van der Waals surface area contributed by atoms with Crippen molar-refractivity contribution in [3.63, 3.8) is 0 Å². The molecule has 1 aliphatic rings. The molecule has 2 aromatic heterocycles. The van der Waals surface area contributed by atoms with Crippen LogP contribution < -0.4 is 10.5 Å². The Morgan fingerprint density at radius 3 is 2.97 bits per heavy atom. The number of hydrogen-bond acceptors (Lipinski definition) is 7. The van der Waals surface area contributed by atoms with Gasteiger partial charge in [0.15, 0.2) is 0 Å². The summed E-state index contributed by atoms with van der Waals surface area (Å²) in [6.45, 7) is 2.19. The molecule has 0 radical (unpaired) electrons. The predicted octanol–water partition coefficient (Wildman–Crippen LogP) is 4.37. The van der Waals surface area contributed by atoms with Crippen LogP contribution in [0.25, 0.3) is 10.9 Å². The third-order valence-electron chi connectivity index (χ3n) is 6.76. The first-order valence-corrected chi connectivity index (χ1v) is 12.8. The first-order valence-electron chi connectivity index (χ1n) is 11.8. The maximum atomic E-state index is 14.8. The minimum atomic E-state index is -0.779. The highest BCUT2D eigenvalue weighted by molar-refractivity contribution is 7.99. The Morgan fingerprint density at radius 2 is 2.23 bits per heavy atom. The molecule has 1 aromatic carbocycles. The summed E-state index contributed by atoms with van der Waals surface area (Å²) in [5, 5.41) is 10.5. The molecule has 0 amide bonds. The smallest absolute Gasteiger partial charge is 0.308 e. The Balaban J connectivity index is 1.37. The number of nitrogens with two attached hydrogens (primary N) is 1. The van der Waals surface area contributed by atoms with Crippen molar-refractivity contribution >= 4 is 28.6 Å². The zero-order valence-corrected chi connectivity index (χ0v) is 20.6. The SMILES string of the molecule is COc1ccc2ncc(F)c(C(N)CCC3CCN(CCSc4cccnc4)CC3C(=O)O)c2c1. The predicted molar refractivity (Wildman–Crippen MR) is 135 cm³/mol. The summed E-state index contributed by atoms with van der Waals surface area (Å²) in [7, 11) is 1.56. The van der Waals surface area contributed by atoms with Crippen LogP contribution in [0.2, 0.25) is 0 Å². The number of thioether (sulfide) groups is 1. The van der Waals surface area contributed by atoms with Crippen molar-refractivity contribution in [1.82, 2.24) is 14.9 Å². The summed E-state index contributed by atoms with van der Waals surface area (Å²) in [6.07, 6.45) is 6.70. The van der Waals surface area contributed by atoms with Gasteiger partial charge in [-0.3, -0.25) is 14.8 Å². The molecule has 0 bridgehead atoms. The first kappa shape index (κ1) is 25.3. The summed E-state index contributed by atoms with van der Waals surface area (Å²) >= 11 is 1.72. The normalized spacial score (nSPS) is 19.5. The number of hydrogen-bond donors (Lipinski definition) is 2. The van der Waals surface area contributed by atoms with E-state index in [0.717, 1.165) is 30.2 Å². The molecule has 3 atom stereocenters. The molecule has 1 aliphatic heterocycles. The first-order chi connectivity index (χ1) is 17.0. The Morgan fingerprint density at radius 1 is 1.37 bits per heavy atom. The molecule has 3 unspecified atom stereocenters. The lowest BCUT2D eigenvalue weighted by atomic mass is 9.81. The largest absolute Gasteiger partial charge is 0.497 e. The number of fused-ring (bicyclic) bond motifs is 1. The number of halogens is 1. The van der Waals surface area contributed by atoms with Gasteiger partial charge in [-0.15, -0.1) is 11.8 Å². The number of carboxylic acids is 1. The fourth-order valence-corrected chi connectivity index (χ4v) is 5.73. The van der Waals surface area contributed by atoms with Gasteiger partial charge in [-0.05, 0) is 62.1 Å². The molecular weight excluding hydrogens is 467 g/mol. The van der Waals surface area contributed by atoms with E-state index in [1.54, 1.807) is 43.3 Å². The number of methoxy groups -OCH3 is 1. The molecule has 186 valence electrons. The minimum absolute atomic E-state index is 0.00600. The lowest BCUT2D eigenvalue weighted by Crippen LogP contribution is -2.44. The van der Waals surface area contributed by atoms with Crippen LogP contribution in [-0.2, 0) is 4.79 Å². The van der Waals surface area contributed by atoms with Crippen molar-refractivity contribution in [3.05, 3.63) is 60.3 Å². The van der Waals surface area contributed by atoms with E-state index in [2.05, 4.69) is 14.9 Å². The number of nitrogens with zero attached hydrogens (tertiary/aromatic N) is 3. The van der Waals surface area contributed by atoms with Crippen LogP contribution in [0.3, 0.4) is 0 Å². The number of piperidine rings is 1. The van der Waals surface area contributed by atoms with E-state index in [0.29, 0.717) is 41.6 Å². The van der Waals surface area contributed by atoms with Crippen LogP contribution in [0.5, 0.6) is 5.75 Å². The number of aliphatic carboxylic acids is 1. The van der Waals surface area contributed by atoms with E-state index in [1.165, 1.54) is 6.20 Å². The Kier molecular flexibility index (Phi) is 8.54. The minimum Gasteiger partial charge on any atom is -0.497 e.